The summed E-state index contributed by atoms with van der Waals surface area (Å²) in [7, 11) is 0. The molecule has 0 bridgehead atoms. The predicted octanol–water partition coefficient (Wildman–Crippen LogP) is 4.55. The van der Waals surface area contributed by atoms with Crippen LogP contribution >= 0.6 is 23.4 Å². The van der Waals surface area contributed by atoms with Crippen molar-refractivity contribution in [3.8, 4) is 5.75 Å². The van der Waals surface area contributed by atoms with Gasteiger partial charge in [-0.1, -0.05) is 11.6 Å². The molecule has 0 saturated carbocycles. The van der Waals surface area contributed by atoms with Crippen LogP contribution in [0, 0.1) is 13.8 Å². The van der Waals surface area contributed by atoms with Crippen LogP contribution in [0.15, 0.2) is 36.4 Å². The third-order valence-corrected chi connectivity index (χ3v) is 6.02. The summed E-state index contributed by atoms with van der Waals surface area (Å²) in [6.45, 7) is 7.02. The zero-order chi connectivity index (χ0) is 21.0. The van der Waals surface area contributed by atoms with Gasteiger partial charge in [-0.25, -0.2) is 0 Å². The summed E-state index contributed by atoms with van der Waals surface area (Å²) in [4.78, 5) is 27.1. The molecule has 1 aliphatic heterocycles. The van der Waals surface area contributed by atoms with Crippen molar-refractivity contribution in [2.45, 2.75) is 26.9 Å². The Balaban J connectivity index is 1.64. The van der Waals surface area contributed by atoms with Crippen molar-refractivity contribution in [2.24, 2.45) is 0 Å². The lowest BCUT2D eigenvalue weighted by molar-refractivity contribution is -0.122. The Kier molecular flexibility index (Phi) is 7.09. The second-order valence-corrected chi connectivity index (χ2v) is 8.75. The Labute approximate surface area is 180 Å². The lowest BCUT2D eigenvalue weighted by Crippen LogP contribution is -2.37. The maximum Gasteiger partial charge on any atom is 0.265 e. The first-order valence-electron chi connectivity index (χ1n) is 9.56. The molecule has 0 aromatic heterocycles. The third kappa shape index (κ3) is 5.46. The highest BCUT2D eigenvalue weighted by Crippen LogP contribution is 2.24. The molecule has 1 N–H and O–H groups in total. The van der Waals surface area contributed by atoms with Crippen molar-refractivity contribution >= 4 is 40.9 Å². The molecule has 2 aromatic rings. The van der Waals surface area contributed by atoms with Crippen molar-refractivity contribution in [3.63, 3.8) is 0 Å². The van der Waals surface area contributed by atoms with Crippen molar-refractivity contribution < 1.29 is 14.3 Å². The zero-order valence-corrected chi connectivity index (χ0v) is 18.4. The van der Waals surface area contributed by atoms with Gasteiger partial charge in [0.15, 0.2) is 6.10 Å². The molecule has 1 unspecified atom stereocenters. The fraction of sp³-hybridized carbons (Fsp3) is 0.364. The number of rotatable bonds is 5. The maximum atomic E-state index is 12.7. The molecule has 0 radical (unpaired) electrons. The van der Waals surface area contributed by atoms with Gasteiger partial charge in [0, 0.05) is 40.9 Å². The first-order valence-corrected chi connectivity index (χ1v) is 11.1. The molecule has 1 fully saturated rings. The largest absolute Gasteiger partial charge is 0.481 e. The average molecular weight is 433 g/mol. The highest BCUT2D eigenvalue weighted by Gasteiger charge is 2.20. The molecular weight excluding hydrogens is 408 g/mol. The summed E-state index contributed by atoms with van der Waals surface area (Å²) in [6.07, 6.45) is -0.679. The second-order valence-electron chi connectivity index (χ2n) is 7.09. The SMILES string of the molecule is Cc1cc(C(=O)N2CCSCC2)ccc1NC(=O)C(C)Oc1ccc(Cl)cc1C. The van der Waals surface area contributed by atoms with Crippen molar-refractivity contribution in [3.05, 3.63) is 58.1 Å². The Morgan fingerprint density at radius 3 is 2.48 bits per heavy atom. The summed E-state index contributed by atoms with van der Waals surface area (Å²) < 4.78 is 5.78. The normalized spacial score (nSPS) is 15.0. The van der Waals surface area contributed by atoms with Crippen molar-refractivity contribution in [2.75, 3.05) is 29.9 Å². The predicted molar refractivity (Wildman–Crippen MR) is 119 cm³/mol. The smallest absolute Gasteiger partial charge is 0.265 e. The lowest BCUT2D eigenvalue weighted by atomic mass is 10.1. The number of aryl methyl sites for hydroxylation is 2. The van der Waals surface area contributed by atoms with E-state index in [0.717, 1.165) is 35.7 Å². The van der Waals surface area contributed by atoms with Gasteiger partial charge in [0.2, 0.25) is 0 Å². The van der Waals surface area contributed by atoms with Gasteiger partial charge >= 0.3 is 0 Å². The number of nitrogens with one attached hydrogen (secondary N) is 1. The van der Waals surface area contributed by atoms with E-state index in [4.69, 9.17) is 16.3 Å². The van der Waals surface area contributed by atoms with Gasteiger partial charge in [0.1, 0.15) is 5.75 Å². The molecule has 154 valence electrons. The number of carbonyl (C=O) groups excluding carboxylic acids is 2. The van der Waals surface area contributed by atoms with Gasteiger partial charge in [-0.2, -0.15) is 11.8 Å². The van der Waals surface area contributed by atoms with Gasteiger partial charge in [-0.05, 0) is 68.3 Å². The van der Waals surface area contributed by atoms with Gasteiger partial charge in [-0.3, -0.25) is 9.59 Å². The van der Waals surface area contributed by atoms with E-state index in [1.807, 2.05) is 36.6 Å². The highest BCUT2D eigenvalue weighted by molar-refractivity contribution is 7.99. The summed E-state index contributed by atoms with van der Waals surface area (Å²) in [5, 5.41) is 3.51. The minimum atomic E-state index is -0.679. The summed E-state index contributed by atoms with van der Waals surface area (Å²) in [6, 6.07) is 10.7. The van der Waals surface area contributed by atoms with E-state index in [2.05, 4.69) is 5.32 Å². The van der Waals surface area contributed by atoms with E-state index in [9.17, 15) is 9.59 Å². The van der Waals surface area contributed by atoms with E-state index in [1.165, 1.54) is 0 Å². The molecule has 1 saturated heterocycles. The molecule has 1 aliphatic rings. The van der Waals surface area contributed by atoms with Crippen molar-refractivity contribution in [1.82, 2.24) is 4.90 Å². The van der Waals surface area contributed by atoms with E-state index in [-0.39, 0.29) is 11.8 Å². The van der Waals surface area contributed by atoms with Gasteiger partial charge in [-0.15, -0.1) is 0 Å². The lowest BCUT2D eigenvalue weighted by Gasteiger charge is -2.26. The molecule has 1 heterocycles. The van der Waals surface area contributed by atoms with Gasteiger partial charge in [0.05, 0.1) is 0 Å². The first kappa shape index (κ1) is 21.5. The number of ether oxygens (including phenoxy) is 1. The van der Waals surface area contributed by atoms with Crippen LogP contribution in [0.25, 0.3) is 0 Å². The molecule has 2 aromatic carbocycles. The monoisotopic (exact) mass is 432 g/mol. The molecule has 29 heavy (non-hydrogen) atoms. The fourth-order valence-electron chi connectivity index (χ4n) is 3.11. The number of hydrogen-bond acceptors (Lipinski definition) is 4. The number of halogens is 1. The van der Waals surface area contributed by atoms with E-state index < -0.39 is 6.10 Å². The summed E-state index contributed by atoms with van der Waals surface area (Å²) in [5.41, 5.74) is 3.02. The second kappa shape index (κ2) is 9.55. The molecule has 7 heteroatoms. The Morgan fingerprint density at radius 1 is 1.10 bits per heavy atom. The first-order chi connectivity index (χ1) is 13.8. The molecule has 1 atom stereocenters. The number of anilines is 1. The molecule has 3 rings (SSSR count). The molecule has 5 nitrogen and oxygen atoms in total. The Bertz CT molecular complexity index is 913. The van der Waals surface area contributed by atoms with Gasteiger partial charge in [0.25, 0.3) is 11.8 Å². The standard InChI is InChI=1S/C22H25ClN2O3S/c1-14-12-17(22(27)25-8-10-29-11-9-25)4-6-19(14)24-21(26)16(3)28-20-7-5-18(23)13-15(20)2/h4-7,12-13,16H,8-11H2,1-3H3,(H,24,26). The quantitative estimate of drug-likeness (QED) is 0.752. The Morgan fingerprint density at radius 2 is 1.83 bits per heavy atom. The summed E-state index contributed by atoms with van der Waals surface area (Å²) in [5.74, 6) is 2.36. The highest BCUT2D eigenvalue weighted by atomic mass is 35.5. The third-order valence-electron chi connectivity index (χ3n) is 4.84. The molecule has 2 amide bonds. The Hall–Kier alpha value is -2.18. The van der Waals surface area contributed by atoms with Crippen molar-refractivity contribution in [1.29, 1.82) is 0 Å². The minimum absolute atomic E-state index is 0.0428. The number of amides is 2. The van der Waals surface area contributed by atoms with Gasteiger partial charge < -0.3 is 15.0 Å². The van der Waals surface area contributed by atoms with E-state index >= 15 is 0 Å². The average Bonchev–Trinajstić information content (AvgIpc) is 2.71. The number of thioether (sulfide) groups is 1. The van der Waals surface area contributed by atoms with Crippen LogP contribution < -0.4 is 10.1 Å². The summed E-state index contributed by atoms with van der Waals surface area (Å²) >= 11 is 7.83. The van der Waals surface area contributed by atoms with Crippen LogP contribution in [0.1, 0.15) is 28.4 Å². The number of nitrogens with zero attached hydrogens (tertiary/aromatic N) is 1. The molecule has 0 spiro atoms. The van der Waals surface area contributed by atoms with Crippen LogP contribution in [-0.4, -0.2) is 47.4 Å². The maximum absolute atomic E-state index is 12.7. The number of hydrogen-bond donors (Lipinski definition) is 1. The van der Waals surface area contributed by atoms with Crippen LogP contribution in [-0.2, 0) is 4.79 Å². The van der Waals surface area contributed by atoms with Crippen LogP contribution in [0.3, 0.4) is 0 Å². The zero-order valence-electron chi connectivity index (χ0n) is 16.8. The van der Waals surface area contributed by atoms with Crippen LogP contribution in [0.2, 0.25) is 5.02 Å². The number of carbonyl (C=O) groups is 2. The van der Waals surface area contributed by atoms with E-state index in [1.54, 1.807) is 37.3 Å². The minimum Gasteiger partial charge on any atom is -0.481 e. The fourth-order valence-corrected chi connectivity index (χ4v) is 4.24. The molecule has 0 aliphatic carbocycles. The van der Waals surface area contributed by atoms with Crippen LogP contribution in [0.5, 0.6) is 5.75 Å². The molecular formula is C22H25ClN2O3S. The number of benzene rings is 2. The van der Waals surface area contributed by atoms with Crippen LogP contribution in [0.4, 0.5) is 5.69 Å². The van der Waals surface area contributed by atoms with E-state index in [0.29, 0.717) is 22.0 Å². The topological polar surface area (TPSA) is 58.6 Å².